The number of hydrogen-bond acceptors (Lipinski definition) is 2. The van der Waals surface area contributed by atoms with Gasteiger partial charge in [0.1, 0.15) is 0 Å². The summed E-state index contributed by atoms with van der Waals surface area (Å²) in [5.74, 6) is 0.485. The van der Waals surface area contributed by atoms with E-state index in [1.165, 1.54) is 0 Å². The van der Waals surface area contributed by atoms with Crippen molar-refractivity contribution in [2.24, 2.45) is 11.7 Å². The largest absolute Gasteiger partial charge is 0.356 e. The minimum atomic E-state index is -0.231. The predicted octanol–water partition coefficient (Wildman–Crippen LogP) is 2.28. The Bertz CT molecular complexity index is 349. The molecule has 1 unspecified atom stereocenters. The van der Waals surface area contributed by atoms with E-state index in [9.17, 15) is 4.79 Å². The second-order valence-electron chi connectivity index (χ2n) is 5.03. The summed E-state index contributed by atoms with van der Waals surface area (Å²) in [7, 11) is 0. The first kappa shape index (κ1) is 14.7. The number of amides is 1. The maximum Gasteiger partial charge on any atom is 0.228 e. The standard InChI is InChI=1S/C15H24N2O/c1-12(2)7-6-10-17-15(18)14(11-16)13-8-4-3-5-9-13/h3-5,8-9,12,14H,6-7,10-11,16H2,1-2H3,(H,17,18). The van der Waals surface area contributed by atoms with Crippen LogP contribution in [0, 0.1) is 5.92 Å². The van der Waals surface area contributed by atoms with Crippen molar-refractivity contribution in [1.29, 1.82) is 0 Å². The lowest BCUT2D eigenvalue weighted by atomic mass is 9.98. The van der Waals surface area contributed by atoms with E-state index in [2.05, 4.69) is 19.2 Å². The van der Waals surface area contributed by atoms with Crippen LogP contribution >= 0.6 is 0 Å². The van der Waals surface area contributed by atoms with Crippen LogP contribution in [-0.4, -0.2) is 19.0 Å². The molecule has 0 aliphatic heterocycles. The van der Waals surface area contributed by atoms with Crippen molar-refractivity contribution in [1.82, 2.24) is 5.32 Å². The smallest absolute Gasteiger partial charge is 0.228 e. The van der Waals surface area contributed by atoms with Gasteiger partial charge in [-0.05, 0) is 24.3 Å². The van der Waals surface area contributed by atoms with Crippen LogP contribution in [0.3, 0.4) is 0 Å². The fourth-order valence-corrected chi connectivity index (χ4v) is 1.92. The molecule has 0 bridgehead atoms. The Morgan fingerprint density at radius 1 is 1.28 bits per heavy atom. The third-order valence-electron chi connectivity index (χ3n) is 3.01. The van der Waals surface area contributed by atoms with Gasteiger partial charge in [-0.15, -0.1) is 0 Å². The zero-order valence-corrected chi connectivity index (χ0v) is 11.4. The van der Waals surface area contributed by atoms with Crippen LogP contribution in [0.1, 0.15) is 38.2 Å². The normalized spacial score (nSPS) is 12.4. The molecule has 0 aromatic heterocycles. The molecule has 3 N–H and O–H groups in total. The lowest BCUT2D eigenvalue weighted by molar-refractivity contribution is -0.122. The summed E-state index contributed by atoms with van der Waals surface area (Å²) < 4.78 is 0. The molecule has 0 saturated carbocycles. The highest BCUT2D eigenvalue weighted by atomic mass is 16.1. The molecule has 0 saturated heterocycles. The molecular formula is C15H24N2O. The molecule has 1 aromatic rings. The highest BCUT2D eigenvalue weighted by Crippen LogP contribution is 2.14. The number of carbonyl (C=O) groups excluding carboxylic acids is 1. The first-order valence-electron chi connectivity index (χ1n) is 6.68. The minimum absolute atomic E-state index is 0.0347. The average molecular weight is 248 g/mol. The van der Waals surface area contributed by atoms with Crippen molar-refractivity contribution < 1.29 is 4.79 Å². The van der Waals surface area contributed by atoms with E-state index < -0.39 is 0 Å². The fraction of sp³-hybridized carbons (Fsp3) is 0.533. The van der Waals surface area contributed by atoms with Crippen LogP contribution in [0.15, 0.2) is 30.3 Å². The van der Waals surface area contributed by atoms with E-state index >= 15 is 0 Å². The van der Waals surface area contributed by atoms with Gasteiger partial charge in [0, 0.05) is 13.1 Å². The van der Waals surface area contributed by atoms with Crippen molar-refractivity contribution in [3.63, 3.8) is 0 Å². The Morgan fingerprint density at radius 2 is 1.94 bits per heavy atom. The Labute approximate surface area is 110 Å². The molecule has 0 radical (unpaired) electrons. The van der Waals surface area contributed by atoms with E-state index in [0.29, 0.717) is 12.5 Å². The molecule has 0 fully saturated rings. The summed E-state index contributed by atoms with van der Waals surface area (Å²) in [6.07, 6.45) is 2.16. The first-order valence-corrected chi connectivity index (χ1v) is 6.68. The van der Waals surface area contributed by atoms with Gasteiger partial charge in [-0.3, -0.25) is 4.79 Å². The van der Waals surface area contributed by atoms with E-state index in [4.69, 9.17) is 5.73 Å². The Hall–Kier alpha value is -1.35. The summed E-state index contributed by atoms with van der Waals surface area (Å²) in [4.78, 5) is 12.0. The number of hydrogen-bond donors (Lipinski definition) is 2. The molecule has 0 aliphatic carbocycles. The number of rotatable bonds is 7. The molecule has 100 valence electrons. The average Bonchev–Trinajstić information content (AvgIpc) is 2.36. The molecule has 3 heteroatoms. The third kappa shape index (κ3) is 4.88. The molecule has 1 atom stereocenters. The summed E-state index contributed by atoms with van der Waals surface area (Å²) in [5.41, 5.74) is 6.68. The van der Waals surface area contributed by atoms with Crippen molar-refractivity contribution in [3.8, 4) is 0 Å². The van der Waals surface area contributed by atoms with Gasteiger partial charge >= 0.3 is 0 Å². The molecular weight excluding hydrogens is 224 g/mol. The molecule has 0 aliphatic rings. The van der Waals surface area contributed by atoms with Gasteiger partial charge in [0.25, 0.3) is 0 Å². The third-order valence-corrected chi connectivity index (χ3v) is 3.01. The maximum atomic E-state index is 12.0. The summed E-state index contributed by atoms with van der Waals surface area (Å²) >= 11 is 0. The second-order valence-corrected chi connectivity index (χ2v) is 5.03. The van der Waals surface area contributed by atoms with Crippen LogP contribution in [0.4, 0.5) is 0 Å². The van der Waals surface area contributed by atoms with Crippen molar-refractivity contribution in [2.45, 2.75) is 32.6 Å². The summed E-state index contributed by atoms with van der Waals surface area (Å²) in [6.45, 7) is 5.46. The van der Waals surface area contributed by atoms with E-state index in [-0.39, 0.29) is 11.8 Å². The molecule has 0 heterocycles. The number of nitrogens with two attached hydrogens (primary N) is 1. The number of benzene rings is 1. The highest BCUT2D eigenvalue weighted by Gasteiger charge is 2.17. The van der Waals surface area contributed by atoms with Gasteiger partial charge in [-0.1, -0.05) is 44.2 Å². The van der Waals surface area contributed by atoms with Crippen molar-refractivity contribution >= 4 is 5.91 Å². The van der Waals surface area contributed by atoms with Gasteiger partial charge < -0.3 is 11.1 Å². The molecule has 18 heavy (non-hydrogen) atoms. The molecule has 1 amide bonds. The van der Waals surface area contributed by atoms with E-state index in [1.807, 2.05) is 30.3 Å². The SMILES string of the molecule is CC(C)CCCNC(=O)C(CN)c1ccccc1. The number of carbonyl (C=O) groups is 1. The van der Waals surface area contributed by atoms with Gasteiger partial charge in [0.05, 0.1) is 5.92 Å². The molecule has 3 nitrogen and oxygen atoms in total. The van der Waals surface area contributed by atoms with Gasteiger partial charge in [-0.25, -0.2) is 0 Å². The Morgan fingerprint density at radius 3 is 2.50 bits per heavy atom. The maximum absolute atomic E-state index is 12.0. The van der Waals surface area contributed by atoms with Crippen LogP contribution in [-0.2, 0) is 4.79 Å². The second kappa shape index (κ2) is 7.88. The monoisotopic (exact) mass is 248 g/mol. The Kier molecular flexibility index (Phi) is 6.44. The van der Waals surface area contributed by atoms with Gasteiger partial charge in [0.15, 0.2) is 0 Å². The molecule has 0 spiro atoms. The van der Waals surface area contributed by atoms with Crippen molar-refractivity contribution in [2.75, 3.05) is 13.1 Å². The quantitative estimate of drug-likeness (QED) is 0.727. The van der Waals surface area contributed by atoms with Crippen LogP contribution in [0.25, 0.3) is 0 Å². The summed E-state index contributed by atoms with van der Waals surface area (Å²) in [5, 5.41) is 2.97. The summed E-state index contributed by atoms with van der Waals surface area (Å²) in [6, 6.07) is 9.71. The van der Waals surface area contributed by atoms with E-state index in [0.717, 1.165) is 24.9 Å². The van der Waals surface area contributed by atoms with Crippen LogP contribution < -0.4 is 11.1 Å². The minimum Gasteiger partial charge on any atom is -0.356 e. The van der Waals surface area contributed by atoms with Crippen LogP contribution in [0.5, 0.6) is 0 Å². The topological polar surface area (TPSA) is 55.1 Å². The predicted molar refractivity (Wildman–Crippen MR) is 75.3 cm³/mol. The van der Waals surface area contributed by atoms with Crippen LogP contribution in [0.2, 0.25) is 0 Å². The zero-order chi connectivity index (χ0) is 13.4. The number of nitrogens with one attached hydrogen (secondary N) is 1. The highest BCUT2D eigenvalue weighted by molar-refractivity contribution is 5.83. The Balaban J connectivity index is 2.43. The molecule has 1 rings (SSSR count). The lowest BCUT2D eigenvalue weighted by Crippen LogP contribution is -2.34. The lowest BCUT2D eigenvalue weighted by Gasteiger charge is -2.15. The first-order chi connectivity index (χ1) is 8.65. The fourth-order valence-electron chi connectivity index (χ4n) is 1.92. The van der Waals surface area contributed by atoms with Gasteiger partial charge in [-0.2, -0.15) is 0 Å². The van der Waals surface area contributed by atoms with Crippen molar-refractivity contribution in [3.05, 3.63) is 35.9 Å². The van der Waals surface area contributed by atoms with E-state index in [1.54, 1.807) is 0 Å². The zero-order valence-electron chi connectivity index (χ0n) is 11.4. The van der Waals surface area contributed by atoms with Gasteiger partial charge in [0.2, 0.25) is 5.91 Å². The molecule has 1 aromatic carbocycles.